The molecule has 1 aromatic heterocycles. The fraction of sp³-hybridized carbons (Fsp3) is 0.286. The van der Waals surface area contributed by atoms with E-state index in [2.05, 4.69) is 26.3 Å². The maximum Gasteiger partial charge on any atom is 0.436 e. The molecule has 1 amide bonds. The van der Waals surface area contributed by atoms with Crippen LogP contribution < -0.4 is 5.32 Å². The minimum Gasteiger partial charge on any atom is -0.506 e. The van der Waals surface area contributed by atoms with Crippen LogP contribution in [0, 0.1) is 17.0 Å². The van der Waals surface area contributed by atoms with E-state index in [1.54, 1.807) is 0 Å². The second kappa shape index (κ2) is 7.32. The normalized spacial score (nSPS) is 11.4. The van der Waals surface area contributed by atoms with E-state index in [0.29, 0.717) is 0 Å². The van der Waals surface area contributed by atoms with Crippen molar-refractivity contribution in [3.8, 4) is 5.75 Å². The zero-order chi connectivity index (χ0) is 19.6. The number of amides is 1. The number of rotatable bonds is 5. The van der Waals surface area contributed by atoms with Crippen molar-refractivity contribution in [2.45, 2.75) is 26.1 Å². The van der Waals surface area contributed by atoms with Crippen molar-refractivity contribution in [2.24, 2.45) is 0 Å². The van der Waals surface area contributed by atoms with Crippen LogP contribution >= 0.6 is 15.9 Å². The maximum absolute atomic E-state index is 12.8. The summed E-state index contributed by atoms with van der Waals surface area (Å²) in [5, 5.41) is 26.1. The molecule has 2 N–H and O–H groups in total. The van der Waals surface area contributed by atoms with Gasteiger partial charge < -0.3 is 10.4 Å². The molecule has 0 aliphatic heterocycles. The summed E-state index contributed by atoms with van der Waals surface area (Å²) in [6.45, 7) is 1.26. The van der Waals surface area contributed by atoms with Crippen LogP contribution in [0.15, 0.2) is 22.7 Å². The summed E-state index contributed by atoms with van der Waals surface area (Å²) in [5.74, 6) is -1.03. The smallest absolute Gasteiger partial charge is 0.436 e. The number of nitro benzene ring substituents is 1. The molecule has 0 aliphatic carbocycles. The number of alkyl halides is 3. The Morgan fingerprint density at radius 1 is 1.46 bits per heavy atom. The summed E-state index contributed by atoms with van der Waals surface area (Å²) in [6, 6.07) is 3.09. The predicted molar refractivity (Wildman–Crippen MR) is 87.7 cm³/mol. The van der Waals surface area contributed by atoms with Crippen molar-refractivity contribution < 1.29 is 28.0 Å². The molecule has 8 nitrogen and oxygen atoms in total. The van der Waals surface area contributed by atoms with E-state index >= 15 is 0 Å². The van der Waals surface area contributed by atoms with Crippen molar-refractivity contribution in [3.05, 3.63) is 44.2 Å². The van der Waals surface area contributed by atoms with E-state index in [-0.39, 0.29) is 40.3 Å². The molecule has 140 valence electrons. The summed E-state index contributed by atoms with van der Waals surface area (Å²) in [4.78, 5) is 22.0. The highest BCUT2D eigenvalue weighted by molar-refractivity contribution is 9.10. The minimum absolute atomic E-state index is 0.151. The molecule has 1 aromatic carbocycles. The highest BCUT2D eigenvalue weighted by Gasteiger charge is 2.37. The maximum atomic E-state index is 12.8. The van der Waals surface area contributed by atoms with Crippen LogP contribution in [0.4, 0.5) is 24.5 Å². The van der Waals surface area contributed by atoms with Crippen LogP contribution in [-0.4, -0.2) is 25.7 Å². The van der Waals surface area contributed by atoms with Gasteiger partial charge in [-0.05, 0) is 28.9 Å². The number of aromatic hydroxyl groups is 1. The van der Waals surface area contributed by atoms with Gasteiger partial charge in [-0.25, -0.2) is 0 Å². The number of nitrogens with one attached hydrogen (secondary N) is 1. The molecule has 2 rings (SSSR count). The number of aryl methyl sites for hydroxylation is 1. The van der Waals surface area contributed by atoms with Gasteiger partial charge in [0.15, 0.2) is 5.69 Å². The third-order valence-electron chi connectivity index (χ3n) is 3.42. The van der Waals surface area contributed by atoms with Crippen LogP contribution in [0.25, 0.3) is 0 Å². The van der Waals surface area contributed by atoms with Gasteiger partial charge in [-0.1, -0.05) is 0 Å². The van der Waals surface area contributed by atoms with Gasteiger partial charge in [0.25, 0.3) is 5.69 Å². The van der Waals surface area contributed by atoms with Gasteiger partial charge >= 0.3 is 6.18 Å². The predicted octanol–water partition coefficient (Wildman–Crippen LogP) is 3.62. The Hall–Kier alpha value is -2.63. The van der Waals surface area contributed by atoms with Crippen LogP contribution in [0.2, 0.25) is 0 Å². The molecule has 0 radical (unpaired) electrons. The lowest BCUT2D eigenvalue weighted by molar-refractivity contribution is -0.384. The first-order valence-electron chi connectivity index (χ1n) is 7.08. The van der Waals surface area contributed by atoms with E-state index in [1.165, 1.54) is 6.92 Å². The van der Waals surface area contributed by atoms with Gasteiger partial charge in [0.05, 0.1) is 27.3 Å². The summed E-state index contributed by atoms with van der Waals surface area (Å²) in [5.41, 5.74) is -1.40. The zero-order valence-corrected chi connectivity index (χ0v) is 14.8. The first-order chi connectivity index (χ1) is 12.0. The molecule has 0 atom stereocenters. The van der Waals surface area contributed by atoms with E-state index < -0.39 is 22.7 Å². The van der Waals surface area contributed by atoms with Crippen LogP contribution in [-0.2, 0) is 17.5 Å². The summed E-state index contributed by atoms with van der Waals surface area (Å²) in [6.07, 6.45) is -4.89. The SMILES string of the molecule is Cc1c(Br)c(C(F)(F)F)nn1CCC(=O)Nc1cc([N+](=O)[O-])ccc1O. The molecular weight excluding hydrogens is 425 g/mol. The number of nitro groups is 1. The second-order valence-corrected chi connectivity index (χ2v) is 6.02. The van der Waals surface area contributed by atoms with Crippen molar-refractivity contribution in [3.63, 3.8) is 0 Å². The number of halogens is 4. The lowest BCUT2D eigenvalue weighted by Crippen LogP contribution is -2.16. The number of hydrogen-bond acceptors (Lipinski definition) is 5. The van der Waals surface area contributed by atoms with Gasteiger partial charge in [0.2, 0.25) is 5.91 Å². The number of phenols is 1. The number of carbonyl (C=O) groups is 1. The first kappa shape index (κ1) is 19.7. The molecule has 0 saturated carbocycles. The average molecular weight is 437 g/mol. The Morgan fingerprint density at radius 3 is 2.65 bits per heavy atom. The van der Waals surface area contributed by atoms with Gasteiger partial charge in [0, 0.05) is 18.6 Å². The monoisotopic (exact) mass is 436 g/mol. The highest BCUT2D eigenvalue weighted by Crippen LogP contribution is 2.35. The molecule has 1 heterocycles. The van der Waals surface area contributed by atoms with Crippen molar-refractivity contribution in [2.75, 3.05) is 5.32 Å². The third kappa shape index (κ3) is 4.31. The molecule has 0 aliphatic rings. The van der Waals surface area contributed by atoms with Gasteiger partial charge in [-0.2, -0.15) is 18.3 Å². The third-order valence-corrected chi connectivity index (χ3v) is 4.37. The molecule has 0 spiro atoms. The number of phenolic OH excluding ortho intramolecular Hbond substituents is 1. The molecule has 0 saturated heterocycles. The van der Waals surface area contributed by atoms with Crippen LogP contribution in [0.5, 0.6) is 5.75 Å². The van der Waals surface area contributed by atoms with Crippen molar-refractivity contribution >= 4 is 33.2 Å². The van der Waals surface area contributed by atoms with E-state index in [1.807, 2.05) is 0 Å². The molecule has 2 aromatic rings. The van der Waals surface area contributed by atoms with Gasteiger partial charge in [-0.15, -0.1) is 0 Å². The lowest BCUT2D eigenvalue weighted by atomic mass is 10.2. The molecule has 0 bridgehead atoms. The van der Waals surface area contributed by atoms with Gasteiger partial charge in [0.1, 0.15) is 5.75 Å². The number of nitrogens with zero attached hydrogens (tertiary/aromatic N) is 3. The molecule has 0 unspecified atom stereocenters. The van der Waals surface area contributed by atoms with E-state index in [0.717, 1.165) is 22.9 Å². The minimum atomic E-state index is -4.63. The largest absolute Gasteiger partial charge is 0.506 e. The number of hydrogen-bond donors (Lipinski definition) is 2. The second-order valence-electron chi connectivity index (χ2n) is 5.23. The van der Waals surface area contributed by atoms with Crippen LogP contribution in [0.3, 0.4) is 0 Å². The summed E-state index contributed by atoms with van der Waals surface area (Å²) in [7, 11) is 0. The van der Waals surface area contributed by atoms with Crippen molar-refractivity contribution in [1.82, 2.24) is 9.78 Å². The summed E-state index contributed by atoms with van der Waals surface area (Å²) >= 11 is 2.83. The number of anilines is 1. The fourth-order valence-electron chi connectivity index (χ4n) is 2.08. The molecular formula is C14H12BrF3N4O4. The van der Waals surface area contributed by atoms with Gasteiger partial charge in [-0.3, -0.25) is 19.6 Å². The zero-order valence-electron chi connectivity index (χ0n) is 13.2. The first-order valence-corrected chi connectivity index (χ1v) is 7.87. The Bertz CT molecular complexity index is 867. The Morgan fingerprint density at radius 2 is 2.12 bits per heavy atom. The van der Waals surface area contributed by atoms with E-state index in [9.17, 15) is 33.2 Å². The molecule has 26 heavy (non-hydrogen) atoms. The average Bonchev–Trinajstić information content (AvgIpc) is 2.83. The Balaban J connectivity index is 2.09. The molecule has 0 fully saturated rings. The fourth-order valence-corrected chi connectivity index (χ4v) is 2.59. The van der Waals surface area contributed by atoms with Crippen LogP contribution in [0.1, 0.15) is 17.8 Å². The number of benzene rings is 1. The Kier molecular flexibility index (Phi) is 5.54. The topological polar surface area (TPSA) is 110 Å². The number of carbonyl (C=O) groups excluding carboxylic acids is 1. The molecule has 12 heteroatoms. The standard InChI is InChI=1S/C14H12BrF3N4O4/c1-7-12(15)13(14(16,17)18)20-21(7)5-4-11(24)19-9-6-8(22(25)26)2-3-10(9)23/h2-3,6,23H,4-5H2,1H3,(H,19,24). The number of aromatic nitrogens is 2. The summed E-state index contributed by atoms with van der Waals surface area (Å²) < 4.78 is 39.2. The quantitative estimate of drug-likeness (QED) is 0.422. The Labute approximate surface area is 152 Å². The number of non-ortho nitro benzene ring substituents is 1. The highest BCUT2D eigenvalue weighted by atomic mass is 79.9. The lowest BCUT2D eigenvalue weighted by Gasteiger charge is -2.08. The van der Waals surface area contributed by atoms with Crippen molar-refractivity contribution in [1.29, 1.82) is 0 Å². The van der Waals surface area contributed by atoms with E-state index in [4.69, 9.17) is 0 Å².